The highest BCUT2D eigenvalue weighted by Crippen LogP contribution is 2.17. The number of aryl methyl sites for hydroxylation is 2. The van der Waals surface area contributed by atoms with Crippen LogP contribution in [-0.2, 0) is 6.54 Å². The molecule has 0 aliphatic heterocycles. The second-order valence-corrected chi connectivity index (χ2v) is 4.67. The van der Waals surface area contributed by atoms with Crippen LogP contribution in [0.3, 0.4) is 0 Å². The molecule has 18 heavy (non-hydrogen) atoms. The minimum absolute atomic E-state index is 0.389. The number of nitrogens with zero attached hydrogens (tertiary/aromatic N) is 1. The van der Waals surface area contributed by atoms with Crippen LogP contribution in [0.2, 0.25) is 0 Å². The first kappa shape index (κ1) is 12.4. The standard InChI is InChI=1S/C15H17NO2/c1-10-5-4-6-13(7-10)9-16-11(2)8-14(12(16)3)15(17)18/h4-8H,9H2,1-3H3,(H,17,18). The van der Waals surface area contributed by atoms with Gasteiger partial charge < -0.3 is 9.67 Å². The van der Waals surface area contributed by atoms with Gasteiger partial charge in [-0.25, -0.2) is 4.79 Å². The van der Waals surface area contributed by atoms with Crippen LogP contribution in [0, 0.1) is 20.8 Å². The highest BCUT2D eigenvalue weighted by molar-refractivity contribution is 5.89. The van der Waals surface area contributed by atoms with Crippen molar-refractivity contribution in [2.75, 3.05) is 0 Å². The van der Waals surface area contributed by atoms with Crippen LogP contribution >= 0.6 is 0 Å². The summed E-state index contributed by atoms with van der Waals surface area (Å²) < 4.78 is 2.04. The molecule has 0 atom stereocenters. The summed E-state index contributed by atoms with van der Waals surface area (Å²) in [7, 11) is 0. The normalized spacial score (nSPS) is 10.6. The van der Waals surface area contributed by atoms with E-state index in [1.165, 1.54) is 11.1 Å². The Balaban J connectivity index is 2.38. The number of hydrogen-bond donors (Lipinski definition) is 1. The largest absolute Gasteiger partial charge is 0.478 e. The summed E-state index contributed by atoms with van der Waals surface area (Å²) in [4.78, 5) is 11.1. The Bertz CT molecular complexity index is 597. The lowest BCUT2D eigenvalue weighted by molar-refractivity contribution is 0.0696. The molecule has 0 spiro atoms. The third-order valence-electron chi connectivity index (χ3n) is 3.23. The molecule has 0 amide bonds. The van der Waals surface area contributed by atoms with Gasteiger partial charge in [0.2, 0.25) is 0 Å². The van der Waals surface area contributed by atoms with Crippen molar-refractivity contribution in [2.24, 2.45) is 0 Å². The Morgan fingerprint density at radius 1 is 1.22 bits per heavy atom. The summed E-state index contributed by atoms with van der Waals surface area (Å²) in [6, 6.07) is 10.00. The molecule has 0 bridgehead atoms. The number of carboxylic acids is 1. The number of carbonyl (C=O) groups is 1. The second kappa shape index (κ2) is 4.69. The summed E-state index contributed by atoms with van der Waals surface area (Å²) in [6.45, 7) is 6.57. The van der Waals surface area contributed by atoms with Gasteiger partial charge in [0.05, 0.1) is 5.56 Å². The first-order chi connectivity index (χ1) is 8.49. The topological polar surface area (TPSA) is 42.2 Å². The van der Waals surface area contributed by atoms with E-state index in [2.05, 4.69) is 25.1 Å². The van der Waals surface area contributed by atoms with Gasteiger partial charge in [-0.3, -0.25) is 0 Å². The first-order valence-corrected chi connectivity index (χ1v) is 5.94. The van der Waals surface area contributed by atoms with E-state index in [9.17, 15) is 4.79 Å². The number of benzene rings is 1. The molecule has 1 aromatic heterocycles. The summed E-state index contributed by atoms with van der Waals surface area (Å²) in [6.07, 6.45) is 0. The summed E-state index contributed by atoms with van der Waals surface area (Å²) in [5, 5.41) is 9.10. The zero-order chi connectivity index (χ0) is 13.3. The third-order valence-corrected chi connectivity index (χ3v) is 3.23. The van der Waals surface area contributed by atoms with Gasteiger partial charge >= 0.3 is 5.97 Å². The fraction of sp³-hybridized carbons (Fsp3) is 0.267. The van der Waals surface area contributed by atoms with Crippen LogP contribution < -0.4 is 0 Å². The molecule has 3 heteroatoms. The Morgan fingerprint density at radius 3 is 2.50 bits per heavy atom. The molecule has 1 heterocycles. The maximum atomic E-state index is 11.1. The van der Waals surface area contributed by atoms with Crippen molar-refractivity contribution in [1.82, 2.24) is 4.57 Å². The lowest BCUT2D eigenvalue weighted by Crippen LogP contribution is -2.06. The van der Waals surface area contributed by atoms with E-state index >= 15 is 0 Å². The SMILES string of the molecule is Cc1cccc(Cn2c(C)cc(C(=O)O)c2C)c1. The van der Waals surface area contributed by atoms with Gasteiger partial charge in [-0.15, -0.1) is 0 Å². The molecule has 0 aliphatic rings. The average molecular weight is 243 g/mol. The van der Waals surface area contributed by atoms with Crippen LogP contribution in [0.5, 0.6) is 0 Å². The zero-order valence-electron chi connectivity index (χ0n) is 10.9. The van der Waals surface area contributed by atoms with Crippen molar-refractivity contribution in [1.29, 1.82) is 0 Å². The molecule has 0 unspecified atom stereocenters. The van der Waals surface area contributed by atoms with E-state index in [-0.39, 0.29) is 0 Å². The van der Waals surface area contributed by atoms with Crippen LogP contribution in [0.15, 0.2) is 30.3 Å². The van der Waals surface area contributed by atoms with Crippen molar-refractivity contribution < 1.29 is 9.90 Å². The first-order valence-electron chi connectivity index (χ1n) is 5.94. The Kier molecular flexibility index (Phi) is 3.24. The summed E-state index contributed by atoms with van der Waals surface area (Å²) in [5.41, 5.74) is 4.58. The van der Waals surface area contributed by atoms with E-state index in [0.717, 1.165) is 11.4 Å². The highest BCUT2D eigenvalue weighted by Gasteiger charge is 2.14. The van der Waals surface area contributed by atoms with Gasteiger partial charge in [0.15, 0.2) is 0 Å². The number of hydrogen-bond acceptors (Lipinski definition) is 1. The van der Waals surface area contributed by atoms with E-state index in [0.29, 0.717) is 12.1 Å². The van der Waals surface area contributed by atoms with Crippen LogP contribution in [0.25, 0.3) is 0 Å². The fourth-order valence-corrected chi connectivity index (χ4v) is 2.25. The number of aromatic nitrogens is 1. The van der Waals surface area contributed by atoms with Gasteiger partial charge in [-0.2, -0.15) is 0 Å². The predicted molar refractivity (Wildman–Crippen MR) is 71.1 cm³/mol. The van der Waals surface area contributed by atoms with E-state index in [1.54, 1.807) is 6.07 Å². The molecular formula is C15H17NO2. The number of aromatic carboxylic acids is 1. The van der Waals surface area contributed by atoms with Crippen molar-refractivity contribution in [2.45, 2.75) is 27.3 Å². The highest BCUT2D eigenvalue weighted by atomic mass is 16.4. The molecule has 0 fully saturated rings. The molecule has 2 rings (SSSR count). The molecule has 3 nitrogen and oxygen atoms in total. The lowest BCUT2D eigenvalue weighted by atomic mass is 10.1. The second-order valence-electron chi connectivity index (χ2n) is 4.67. The van der Waals surface area contributed by atoms with Crippen LogP contribution in [-0.4, -0.2) is 15.6 Å². The third kappa shape index (κ3) is 2.30. The molecule has 94 valence electrons. The molecule has 0 saturated carbocycles. The maximum Gasteiger partial charge on any atom is 0.337 e. The average Bonchev–Trinajstić information content (AvgIpc) is 2.57. The minimum Gasteiger partial charge on any atom is -0.478 e. The Morgan fingerprint density at radius 2 is 1.94 bits per heavy atom. The van der Waals surface area contributed by atoms with Gasteiger partial charge in [-0.05, 0) is 32.4 Å². The quantitative estimate of drug-likeness (QED) is 0.899. The predicted octanol–water partition coefficient (Wildman–Crippen LogP) is 3.16. The van der Waals surface area contributed by atoms with E-state index < -0.39 is 5.97 Å². The molecule has 0 saturated heterocycles. The van der Waals surface area contributed by atoms with Crippen LogP contribution in [0.4, 0.5) is 0 Å². The number of rotatable bonds is 3. The summed E-state index contributed by atoms with van der Waals surface area (Å²) in [5.74, 6) is -0.862. The lowest BCUT2D eigenvalue weighted by Gasteiger charge is -2.10. The molecular weight excluding hydrogens is 226 g/mol. The zero-order valence-corrected chi connectivity index (χ0v) is 10.9. The van der Waals surface area contributed by atoms with Gasteiger partial charge in [0.25, 0.3) is 0 Å². The van der Waals surface area contributed by atoms with Gasteiger partial charge in [-0.1, -0.05) is 29.8 Å². The Labute approximate surface area is 107 Å². The molecule has 1 aromatic carbocycles. The fourth-order valence-electron chi connectivity index (χ4n) is 2.25. The maximum absolute atomic E-state index is 11.1. The Hall–Kier alpha value is -2.03. The van der Waals surface area contributed by atoms with Gasteiger partial charge in [0, 0.05) is 17.9 Å². The molecule has 2 aromatic rings. The molecule has 0 radical (unpaired) electrons. The minimum atomic E-state index is -0.862. The van der Waals surface area contributed by atoms with E-state index in [1.807, 2.05) is 24.5 Å². The van der Waals surface area contributed by atoms with Crippen molar-refractivity contribution in [3.63, 3.8) is 0 Å². The van der Waals surface area contributed by atoms with Crippen LogP contribution in [0.1, 0.15) is 32.9 Å². The summed E-state index contributed by atoms with van der Waals surface area (Å²) >= 11 is 0. The molecule has 1 N–H and O–H groups in total. The van der Waals surface area contributed by atoms with Gasteiger partial charge in [0.1, 0.15) is 0 Å². The van der Waals surface area contributed by atoms with Crippen molar-refractivity contribution in [3.05, 3.63) is 58.4 Å². The molecule has 0 aliphatic carbocycles. The number of carboxylic acid groups (broad SMARTS) is 1. The smallest absolute Gasteiger partial charge is 0.337 e. The van der Waals surface area contributed by atoms with Crippen molar-refractivity contribution in [3.8, 4) is 0 Å². The van der Waals surface area contributed by atoms with E-state index in [4.69, 9.17) is 5.11 Å². The monoisotopic (exact) mass is 243 g/mol. The van der Waals surface area contributed by atoms with Crippen molar-refractivity contribution >= 4 is 5.97 Å².